The average Bonchev–Trinajstić information content (AvgIpc) is 2.66. The fraction of sp³-hybridized carbons (Fsp3) is 0.429. The molecule has 3 rings (SSSR count). The molecule has 0 bridgehead atoms. The SMILES string of the molecule is Cc1cc(=O)c(O)c(C2(CC(=O)NC(C)c3ccccc3)CCSCC2)o1. The van der Waals surface area contributed by atoms with Gasteiger partial charge in [0, 0.05) is 17.9 Å². The molecule has 1 unspecified atom stereocenters. The van der Waals surface area contributed by atoms with Crippen LogP contribution in [0.5, 0.6) is 5.75 Å². The molecule has 2 N–H and O–H groups in total. The minimum Gasteiger partial charge on any atom is -0.502 e. The molecule has 0 saturated carbocycles. The van der Waals surface area contributed by atoms with Crippen LogP contribution in [0.25, 0.3) is 0 Å². The number of hydrogen-bond acceptors (Lipinski definition) is 5. The number of aryl methyl sites for hydroxylation is 1. The number of rotatable bonds is 5. The van der Waals surface area contributed by atoms with Crippen LogP contribution in [0, 0.1) is 6.92 Å². The molecule has 1 aliphatic rings. The molecule has 1 amide bonds. The third-order valence-corrected chi connectivity index (χ3v) is 6.14. The molecule has 6 heteroatoms. The maximum atomic E-state index is 12.8. The molecule has 0 radical (unpaired) electrons. The number of hydrogen-bond donors (Lipinski definition) is 2. The first-order valence-electron chi connectivity index (χ1n) is 9.17. The van der Waals surface area contributed by atoms with Gasteiger partial charge < -0.3 is 14.8 Å². The van der Waals surface area contributed by atoms with Crippen molar-refractivity contribution in [2.75, 3.05) is 11.5 Å². The van der Waals surface area contributed by atoms with E-state index in [1.165, 1.54) is 6.07 Å². The van der Waals surface area contributed by atoms with E-state index in [-0.39, 0.29) is 29.9 Å². The molecule has 1 atom stereocenters. The van der Waals surface area contributed by atoms with Crippen LogP contribution in [0.3, 0.4) is 0 Å². The second-order valence-electron chi connectivity index (χ2n) is 7.17. The summed E-state index contributed by atoms with van der Waals surface area (Å²) in [4.78, 5) is 24.9. The van der Waals surface area contributed by atoms with Crippen molar-refractivity contribution in [3.8, 4) is 5.75 Å². The first-order chi connectivity index (χ1) is 12.9. The highest BCUT2D eigenvalue weighted by molar-refractivity contribution is 7.99. The highest BCUT2D eigenvalue weighted by Crippen LogP contribution is 2.44. The Balaban J connectivity index is 1.85. The molecule has 0 spiro atoms. The van der Waals surface area contributed by atoms with Crippen molar-refractivity contribution in [1.29, 1.82) is 0 Å². The summed E-state index contributed by atoms with van der Waals surface area (Å²) < 4.78 is 5.78. The zero-order valence-electron chi connectivity index (χ0n) is 15.7. The summed E-state index contributed by atoms with van der Waals surface area (Å²) in [5.74, 6) is 1.95. The van der Waals surface area contributed by atoms with Crippen molar-refractivity contribution in [3.05, 3.63) is 63.7 Å². The van der Waals surface area contributed by atoms with Crippen LogP contribution in [0.15, 0.2) is 45.6 Å². The lowest BCUT2D eigenvalue weighted by Gasteiger charge is -2.36. The van der Waals surface area contributed by atoms with Crippen LogP contribution in [-0.4, -0.2) is 22.5 Å². The first kappa shape index (κ1) is 19.5. The lowest BCUT2D eigenvalue weighted by atomic mass is 9.75. The third-order valence-electron chi connectivity index (χ3n) is 5.15. The van der Waals surface area contributed by atoms with Gasteiger partial charge in [0.15, 0.2) is 5.76 Å². The summed E-state index contributed by atoms with van der Waals surface area (Å²) >= 11 is 1.81. The smallest absolute Gasteiger partial charge is 0.227 e. The fourth-order valence-electron chi connectivity index (χ4n) is 3.63. The van der Waals surface area contributed by atoms with E-state index in [2.05, 4.69) is 5.32 Å². The zero-order chi connectivity index (χ0) is 19.4. The van der Waals surface area contributed by atoms with Gasteiger partial charge in [0.1, 0.15) is 5.76 Å². The van der Waals surface area contributed by atoms with Crippen molar-refractivity contribution in [2.45, 2.75) is 44.6 Å². The minimum atomic E-state index is -0.652. The lowest BCUT2D eigenvalue weighted by molar-refractivity contribution is -0.123. The molecule has 0 aliphatic carbocycles. The van der Waals surface area contributed by atoms with Crippen LogP contribution in [0.2, 0.25) is 0 Å². The largest absolute Gasteiger partial charge is 0.502 e. The Hall–Kier alpha value is -2.21. The topological polar surface area (TPSA) is 79.5 Å². The number of carbonyl (C=O) groups excluding carboxylic acids is 1. The summed E-state index contributed by atoms with van der Waals surface area (Å²) in [7, 11) is 0. The molecule has 1 aliphatic heterocycles. The maximum Gasteiger partial charge on any atom is 0.227 e. The number of nitrogens with one attached hydrogen (secondary N) is 1. The van der Waals surface area contributed by atoms with Gasteiger partial charge in [-0.2, -0.15) is 11.8 Å². The average molecular weight is 388 g/mol. The standard InChI is InChI=1S/C21H25NO4S/c1-14-12-17(23)19(25)20(26-14)21(8-10-27-11-9-21)13-18(24)22-15(2)16-6-4-3-5-7-16/h3-7,12,15,25H,8-11,13H2,1-2H3,(H,22,24). The number of amides is 1. The van der Waals surface area contributed by atoms with Crippen molar-refractivity contribution >= 4 is 17.7 Å². The predicted octanol–water partition coefficient (Wildman–Crippen LogP) is 3.69. The Kier molecular flexibility index (Phi) is 5.95. The van der Waals surface area contributed by atoms with Crippen molar-refractivity contribution in [1.82, 2.24) is 5.32 Å². The summed E-state index contributed by atoms with van der Waals surface area (Å²) in [5.41, 5.74) is -0.0745. The number of carbonyl (C=O) groups is 1. The van der Waals surface area contributed by atoms with Crippen LogP contribution >= 0.6 is 11.8 Å². The Morgan fingerprint density at radius 2 is 1.96 bits per heavy atom. The summed E-state index contributed by atoms with van der Waals surface area (Å²) in [6, 6.07) is 10.9. The zero-order valence-corrected chi connectivity index (χ0v) is 16.5. The van der Waals surface area contributed by atoms with E-state index in [4.69, 9.17) is 4.42 Å². The van der Waals surface area contributed by atoms with Gasteiger partial charge in [-0.05, 0) is 43.8 Å². The normalized spacial score (nSPS) is 17.3. The van der Waals surface area contributed by atoms with Crippen LogP contribution in [-0.2, 0) is 10.2 Å². The van der Waals surface area contributed by atoms with E-state index >= 15 is 0 Å². The maximum absolute atomic E-state index is 12.8. The predicted molar refractivity (Wildman–Crippen MR) is 107 cm³/mol. The molecule has 1 saturated heterocycles. The molecule has 1 aromatic heterocycles. The molecular formula is C21H25NO4S. The van der Waals surface area contributed by atoms with E-state index in [1.54, 1.807) is 6.92 Å². The molecule has 2 aromatic rings. The first-order valence-corrected chi connectivity index (χ1v) is 10.3. The highest BCUT2D eigenvalue weighted by atomic mass is 32.2. The molecule has 5 nitrogen and oxygen atoms in total. The Labute approximate surface area is 163 Å². The van der Waals surface area contributed by atoms with Gasteiger partial charge in [-0.25, -0.2) is 0 Å². The van der Waals surface area contributed by atoms with Crippen molar-refractivity contribution in [2.24, 2.45) is 0 Å². The van der Waals surface area contributed by atoms with Crippen molar-refractivity contribution in [3.63, 3.8) is 0 Å². The van der Waals surface area contributed by atoms with Gasteiger partial charge in [-0.3, -0.25) is 9.59 Å². The molecule has 27 heavy (non-hydrogen) atoms. The van der Waals surface area contributed by atoms with E-state index < -0.39 is 10.8 Å². The summed E-state index contributed by atoms with van der Waals surface area (Å²) in [6.45, 7) is 3.63. The minimum absolute atomic E-state index is 0.109. The van der Waals surface area contributed by atoms with Crippen LogP contribution in [0.4, 0.5) is 0 Å². The fourth-order valence-corrected chi connectivity index (χ4v) is 4.91. The Morgan fingerprint density at radius 1 is 1.30 bits per heavy atom. The van der Waals surface area contributed by atoms with Gasteiger partial charge in [0.05, 0.1) is 6.04 Å². The lowest BCUT2D eigenvalue weighted by Crippen LogP contribution is -2.39. The molecular weight excluding hydrogens is 362 g/mol. The summed E-state index contributed by atoms with van der Waals surface area (Å²) in [5, 5.41) is 13.4. The number of thioether (sulfide) groups is 1. The Morgan fingerprint density at radius 3 is 2.63 bits per heavy atom. The number of aromatic hydroxyl groups is 1. The summed E-state index contributed by atoms with van der Waals surface area (Å²) in [6.07, 6.45) is 1.56. The quantitative estimate of drug-likeness (QED) is 0.818. The monoisotopic (exact) mass is 387 g/mol. The van der Waals surface area contributed by atoms with Crippen molar-refractivity contribution < 1.29 is 14.3 Å². The van der Waals surface area contributed by atoms with Gasteiger partial charge in [0.25, 0.3) is 0 Å². The molecule has 1 aromatic carbocycles. The van der Waals surface area contributed by atoms with Crippen LogP contribution < -0.4 is 10.7 Å². The van der Waals surface area contributed by atoms with E-state index in [9.17, 15) is 14.7 Å². The van der Waals surface area contributed by atoms with E-state index in [1.807, 2.05) is 49.0 Å². The van der Waals surface area contributed by atoms with Gasteiger partial charge >= 0.3 is 0 Å². The molecule has 1 fully saturated rings. The highest BCUT2D eigenvalue weighted by Gasteiger charge is 2.41. The second-order valence-corrected chi connectivity index (χ2v) is 8.39. The van der Waals surface area contributed by atoms with E-state index in [0.29, 0.717) is 18.6 Å². The molecule has 144 valence electrons. The molecule has 2 heterocycles. The van der Waals surface area contributed by atoms with Gasteiger partial charge in [-0.15, -0.1) is 0 Å². The van der Waals surface area contributed by atoms with Gasteiger partial charge in [0.2, 0.25) is 17.1 Å². The third kappa shape index (κ3) is 4.38. The van der Waals surface area contributed by atoms with Gasteiger partial charge in [-0.1, -0.05) is 30.3 Å². The van der Waals surface area contributed by atoms with Crippen LogP contribution in [0.1, 0.15) is 49.3 Å². The van der Waals surface area contributed by atoms with E-state index in [0.717, 1.165) is 17.1 Å². The Bertz CT molecular complexity index is 856. The second kappa shape index (κ2) is 8.21. The number of benzene rings is 1.